The van der Waals surface area contributed by atoms with Gasteiger partial charge in [0.1, 0.15) is 5.84 Å². The van der Waals surface area contributed by atoms with E-state index in [0.29, 0.717) is 11.3 Å². The SMILES string of the molecule is CC(OC(=O)CCCN=C1NS(=O)(=O)c2ccccc21)C(=O)Nc1ccc(S(N)(=O)=O)cc1. The fraction of sp³-hybridized carbons (Fsp3) is 0.250. The number of carbonyl (C=O) groups excluding carboxylic acids is 2. The molecule has 0 fully saturated rings. The van der Waals surface area contributed by atoms with Crippen LogP contribution >= 0.6 is 0 Å². The predicted octanol–water partition coefficient (Wildman–Crippen LogP) is 0.723. The number of benzene rings is 2. The smallest absolute Gasteiger partial charge is 0.306 e. The number of carbonyl (C=O) groups is 2. The molecule has 0 saturated heterocycles. The number of amidine groups is 1. The van der Waals surface area contributed by atoms with E-state index in [1.54, 1.807) is 18.2 Å². The molecular formula is C20H22N4O7S2. The van der Waals surface area contributed by atoms with Gasteiger partial charge in [-0.2, -0.15) is 0 Å². The van der Waals surface area contributed by atoms with Crippen LogP contribution in [0.15, 0.2) is 63.3 Å². The van der Waals surface area contributed by atoms with E-state index in [-0.39, 0.29) is 35.0 Å². The molecule has 0 bridgehead atoms. The number of nitrogens with zero attached hydrogens (tertiary/aromatic N) is 1. The Morgan fingerprint density at radius 3 is 2.48 bits per heavy atom. The van der Waals surface area contributed by atoms with E-state index in [1.165, 1.54) is 37.3 Å². The first-order valence-corrected chi connectivity index (χ1v) is 12.8. The Bertz CT molecular complexity index is 1300. The summed E-state index contributed by atoms with van der Waals surface area (Å²) >= 11 is 0. The number of nitrogens with two attached hydrogens (primary N) is 1. The van der Waals surface area contributed by atoms with Crippen molar-refractivity contribution in [2.45, 2.75) is 35.7 Å². The van der Waals surface area contributed by atoms with Crippen LogP contribution in [0.3, 0.4) is 0 Å². The van der Waals surface area contributed by atoms with Crippen molar-refractivity contribution in [1.29, 1.82) is 0 Å². The van der Waals surface area contributed by atoms with E-state index in [0.717, 1.165) is 0 Å². The summed E-state index contributed by atoms with van der Waals surface area (Å²) in [6.07, 6.45) is -0.822. The van der Waals surface area contributed by atoms with E-state index >= 15 is 0 Å². The van der Waals surface area contributed by atoms with Crippen molar-refractivity contribution in [2.24, 2.45) is 10.1 Å². The number of nitrogens with one attached hydrogen (secondary N) is 2. The van der Waals surface area contributed by atoms with Crippen molar-refractivity contribution >= 4 is 43.4 Å². The molecule has 1 heterocycles. The Labute approximate surface area is 191 Å². The van der Waals surface area contributed by atoms with Gasteiger partial charge in [0.2, 0.25) is 10.0 Å². The molecule has 1 unspecified atom stereocenters. The Morgan fingerprint density at radius 2 is 1.82 bits per heavy atom. The highest BCUT2D eigenvalue weighted by atomic mass is 32.2. The summed E-state index contributed by atoms with van der Waals surface area (Å²) < 4.78 is 54.1. The zero-order chi connectivity index (χ0) is 24.2. The topological polar surface area (TPSA) is 174 Å². The first-order chi connectivity index (χ1) is 15.5. The Kier molecular flexibility index (Phi) is 7.15. The molecule has 11 nitrogen and oxygen atoms in total. The highest BCUT2D eigenvalue weighted by Crippen LogP contribution is 2.22. The summed E-state index contributed by atoms with van der Waals surface area (Å²) in [6, 6.07) is 11.7. The minimum absolute atomic E-state index is 0.0220. The van der Waals surface area contributed by atoms with Crippen LogP contribution < -0.4 is 15.2 Å². The average molecular weight is 495 g/mol. The van der Waals surface area contributed by atoms with Gasteiger partial charge in [-0.3, -0.25) is 19.3 Å². The molecule has 176 valence electrons. The lowest BCUT2D eigenvalue weighted by atomic mass is 10.2. The normalized spacial score (nSPS) is 16.5. The van der Waals surface area contributed by atoms with Crippen molar-refractivity contribution in [2.75, 3.05) is 11.9 Å². The Hall–Kier alpha value is -3.29. The first-order valence-electron chi connectivity index (χ1n) is 9.77. The van der Waals surface area contributed by atoms with Crippen LogP contribution in [0.2, 0.25) is 0 Å². The number of hydrogen-bond donors (Lipinski definition) is 3. The van der Waals surface area contributed by atoms with Gasteiger partial charge in [-0.25, -0.2) is 22.0 Å². The summed E-state index contributed by atoms with van der Waals surface area (Å²) in [5.41, 5.74) is 0.785. The molecule has 1 atom stereocenters. The lowest BCUT2D eigenvalue weighted by Gasteiger charge is -2.13. The number of hydrogen-bond acceptors (Lipinski definition) is 8. The summed E-state index contributed by atoms with van der Waals surface area (Å²) in [5.74, 6) is -0.987. The molecule has 13 heteroatoms. The van der Waals surface area contributed by atoms with Crippen molar-refractivity contribution < 1.29 is 31.2 Å². The van der Waals surface area contributed by atoms with Crippen LogP contribution in [0.4, 0.5) is 5.69 Å². The second-order valence-electron chi connectivity index (χ2n) is 7.13. The molecule has 2 aromatic rings. The summed E-state index contributed by atoms with van der Waals surface area (Å²) in [5, 5.41) is 7.53. The number of aliphatic imine (C=N–C) groups is 1. The third-order valence-corrected chi connectivity index (χ3v) is 6.93. The van der Waals surface area contributed by atoms with E-state index < -0.39 is 38.0 Å². The van der Waals surface area contributed by atoms with Gasteiger partial charge < -0.3 is 10.1 Å². The lowest BCUT2D eigenvalue weighted by molar-refractivity contribution is -0.153. The minimum atomic E-state index is -3.84. The van der Waals surface area contributed by atoms with Gasteiger partial charge in [0, 0.05) is 24.2 Å². The maximum atomic E-state index is 12.2. The second-order valence-corrected chi connectivity index (χ2v) is 10.3. The van der Waals surface area contributed by atoms with E-state index in [1.807, 2.05) is 0 Å². The number of amides is 1. The maximum absolute atomic E-state index is 12.2. The zero-order valence-corrected chi connectivity index (χ0v) is 19.1. The molecule has 33 heavy (non-hydrogen) atoms. The molecule has 1 amide bonds. The van der Waals surface area contributed by atoms with Crippen molar-refractivity contribution in [1.82, 2.24) is 4.72 Å². The predicted molar refractivity (Wildman–Crippen MR) is 119 cm³/mol. The van der Waals surface area contributed by atoms with Gasteiger partial charge in [0.25, 0.3) is 15.9 Å². The number of fused-ring (bicyclic) bond motifs is 1. The number of ether oxygens (including phenoxy) is 1. The molecule has 1 aliphatic heterocycles. The molecule has 0 radical (unpaired) electrons. The first kappa shape index (κ1) is 24.4. The Balaban J connectivity index is 1.46. The van der Waals surface area contributed by atoms with Crippen LogP contribution in [0, 0.1) is 0 Å². The minimum Gasteiger partial charge on any atom is -0.453 e. The number of primary sulfonamides is 1. The molecule has 2 aromatic carbocycles. The van der Waals surface area contributed by atoms with Crippen molar-refractivity contribution in [3.8, 4) is 0 Å². The fourth-order valence-electron chi connectivity index (χ4n) is 2.95. The van der Waals surface area contributed by atoms with Gasteiger partial charge in [-0.05, 0) is 49.7 Å². The van der Waals surface area contributed by atoms with Crippen LogP contribution in [0.1, 0.15) is 25.3 Å². The van der Waals surface area contributed by atoms with Crippen LogP contribution in [-0.4, -0.2) is 47.2 Å². The third-order valence-electron chi connectivity index (χ3n) is 4.60. The number of sulfonamides is 2. The van der Waals surface area contributed by atoms with Crippen LogP contribution in [0.5, 0.6) is 0 Å². The Morgan fingerprint density at radius 1 is 1.15 bits per heavy atom. The van der Waals surface area contributed by atoms with E-state index in [4.69, 9.17) is 9.88 Å². The average Bonchev–Trinajstić information content (AvgIpc) is 3.01. The van der Waals surface area contributed by atoms with Crippen LogP contribution in [-0.2, 0) is 34.4 Å². The van der Waals surface area contributed by atoms with Gasteiger partial charge in [-0.1, -0.05) is 12.1 Å². The number of esters is 1. The largest absolute Gasteiger partial charge is 0.453 e. The standard InChI is InChI=1S/C20H22N4O7S2/c1-13(20(26)23-14-8-10-15(11-9-14)32(21,27)28)31-18(25)7-4-12-22-19-16-5-2-3-6-17(16)33(29,30)24-19/h2-3,5-6,8-11,13H,4,7,12H2,1H3,(H,22,24)(H,23,26)(H2,21,27,28). The van der Waals surface area contributed by atoms with Gasteiger partial charge in [-0.15, -0.1) is 0 Å². The highest BCUT2D eigenvalue weighted by Gasteiger charge is 2.29. The summed E-state index contributed by atoms with van der Waals surface area (Å²) in [6.45, 7) is 1.58. The molecule has 0 saturated carbocycles. The molecule has 0 aromatic heterocycles. The molecule has 0 spiro atoms. The zero-order valence-electron chi connectivity index (χ0n) is 17.5. The molecule has 4 N–H and O–H groups in total. The highest BCUT2D eigenvalue weighted by molar-refractivity contribution is 7.90. The van der Waals surface area contributed by atoms with Gasteiger partial charge >= 0.3 is 5.97 Å². The fourth-order valence-corrected chi connectivity index (χ4v) is 4.71. The quantitative estimate of drug-likeness (QED) is 0.358. The van der Waals surface area contributed by atoms with Crippen molar-refractivity contribution in [3.05, 3.63) is 54.1 Å². The number of anilines is 1. The summed E-state index contributed by atoms with van der Waals surface area (Å²) in [4.78, 5) is 28.5. The van der Waals surface area contributed by atoms with Gasteiger partial charge in [0.05, 0.1) is 9.79 Å². The molecule has 1 aliphatic rings. The second kappa shape index (κ2) is 9.68. The molecular weight excluding hydrogens is 472 g/mol. The maximum Gasteiger partial charge on any atom is 0.306 e. The number of rotatable bonds is 8. The lowest BCUT2D eigenvalue weighted by Crippen LogP contribution is -2.30. The summed E-state index contributed by atoms with van der Waals surface area (Å²) in [7, 11) is -7.46. The van der Waals surface area contributed by atoms with Crippen LogP contribution in [0.25, 0.3) is 0 Å². The molecule has 0 aliphatic carbocycles. The van der Waals surface area contributed by atoms with E-state index in [2.05, 4.69) is 15.0 Å². The van der Waals surface area contributed by atoms with E-state index in [9.17, 15) is 26.4 Å². The molecule has 3 rings (SSSR count). The van der Waals surface area contributed by atoms with Gasteiger partial charge in [0.15, 0.2) is 6.10 Å². The monoisotopic (exact) mass is 494 g/mol. The van der Waals surface area contributed by atoms with Crippen molar-refractivity contribution in [3.63, 3.8) is 0 Å². The third kappa shape index (κ3) is 6.15.